The Morgan fingerprint density at radius 2 is 1.81 bits per heavy atom. The lowest BCUT2D eigenvalue weighted by Crippen LogP contribution is -2.34. The summed E-state index contributed by atoms with van der Waals surface area (Å²) in [6, 6.07) is 5.49. The summed E-state index contributed by atoms with van der Waals surface area (Å²) in [6.45, 7) is -0.0680. The van der Waals surface area contributed by atoms with E-state index in [9.17, 15) is 14.0 Å². The van der Waals surface area contributed by atoms with Crippen LogP contribution in [0.3, 0.4) is 0 Å². The first-order valence-corrected chi connectivity index (χ1v) is 8.12. The molecule has 2 rings (SSSR count). The largest absolute Gasteiger partial charge is 0.346 e. The van der Waals surface area contributed by atoms with Gasteiger partial charge in [-0.15, -0.1) is 11.8 Å². The van der Waals surface area contributed by atoms with Crippen LogP contribution in [-0.4, -0.2) is 29.4 Å². The highest BCUT2D eigenvalue weighted by Crippen LogP contribution is 2.28. The van der Waals surface area contributed by atoms with Crippen molar-refractivity contribution in [1.82, 2.24) is 5.32 Å². The first-order valence-electron chi connectivity index (χ1n) is 7.07. The van der Waals surface area contributed by atoms with Gasteiger partial charge in [0.05, 0.1) is 12.3 Å². The monoisotopic (exact) mass is 310 g/mol. The average molecular weight is 310 g/mol. The molecule has 4 nitrogen and oxygen atoms in total. The van der Waals surface area contributed by atoms with Crippen LogP contribution < -0.4 is 10.6 Å². The molecular formula is C15H19FN2O2S. The van der Waals surface area contributed by atoms with Crippen LogP contribution in [0, 0.1) is 5.82 Å². The fraction of sp³-hybridized carbons (Fsp3) is 0.467. The van der Waals surface area contributed by atoms with Crippen LogP contribution in [0.2, 0.25) is 0 Å². The minimum atomic E-state index is -0.356. The number of nitrogens with one attached hydrogen (secondary N) is 2. The Kier molecular flexibility index (Phi) is 6.04. The average Bonchev–Trinajstić information content (AvgIpc) is 2.99. The molecule has 0 bridgehead atoms. The van der Waals surface area contributed by atoms with Gasteiger partial charge in [-0.3, -0.25) is 9.59 Å². The molecule has 0 heterocycles. The maximum Gasteiger partial charge on any atom is 0.243 e. The summed E-state index contributed by atoms with van der Waals surface area (Å²) in [4.78, 5) is 23.3. The van der Waals surface area contributed by atoms with Crippen molar-refractivity contribution in [3.8, 4) is 0 Å². The zero-order valence-electron chi connectivity index (χ0n) is 11.7. The first kappa shape index (κ1) is 15.8. The molecule has 2 amide bonds. The van der Waals surface area contributed by atoms with Crippen LogP contribution in [0.25, 0.3) is 0 Å². The third kappa shape index (κ3) is 5.75. The number of carbonyl (C=O) groups is 2. The Balaban J connectivity index is 1.63. The number of thioether (sulfide) groups is 1. The lowest BCUT2D eigenvalue weighted by molar-refractivity contribution is -0.122. The number of halogens is 1. The number of anilines is 1. The molecule has 0 atom stereocenters. The fourth-order valence-corrected chi connectivity index (χ4v) is 3.37. The Morgan fingerprint density at radius 3 is 2.48 bits per heavy atom. The van der Waals surface area contributed by atoms with Crippen molar-refractivity contribution in [2.24, 2.45) is 0 Å². The number of carbonyl (C=O) groups excluding carboxylic acids is 2. The van der Waals surface area contributed by atoms with Gasteiger partial charge in [0.1, 0.15) is 5.82 Å². The highest BCUT2D eigenvalue weighted by atomic mass is 32.2. The predicted molar refractivity (Wildman–Crippen MR) is 82.8 cm³/mol. The SMILES string of the molecule is O=C(CSC1CCCC1)NCC(=O)Nc1ccc(F)cc1. The maximum absolute atomic E-state index is 12.7. The normalized spacial score (nSPS) is 14.9. The van der Waals surface area contributed by atoms with Gasteiger partial charge >= 0.3 is 0 Å². The molecule has 0 unspecified atom stereocenters. The Morgan fingerprint density at radius 1 is 1.14 bits per heavy atom. The molecule has 0 aliphatic heterocycles. The van der Waals surface area contributed by atoms with E-state index >= 15 is 0 Å². The van der Waals surface area contributed by atoms with E-state index < -0.39 is 0 Å². The number of hydrogen-bond donors (Lipinski definition) is 2. The summed E-state index contributed by atoms with van der Waals surface area (Å²) in [5.41, 5.74) is 0.510. The van der Waals surface area contributed by atoms with Crippen LogP contribution in [0.1, 0.15) is 25.7 Å². The molecule has 1 aromatic carbocycles. The predicted octanol–water partition coefficient (Wildman–Crippen LogP) is 2.56. The first-order chi connectivity index (χ1) is 10.1. The van der Waals surface area contributed by atoms with Gasteiger partial charge in [-0.25, -0.2) is 4.39 Å². The van der Waals surface area contributed by atoms with E-state index in [0.29, 0.717) is 16.7 Å². The van der Waals surface area contributed by atoms with Gasteiger partial charge in [-0.1, -0.05) is 12.8 Å². The summed E-state index contributed by atoms with van der Waals surface area (Å²) in [6.07, 6.45) is 4.87. The van der Waals surface area contributed by atoms with Crippen LogP contribution in [0.5, 0.6) is 0 Å². The van der Waals surface area contributed by atoms with E-state index in [4.69, 9.17) is 0 Å². The van der Waals surface area contributed by atoms with E-state index in [0.717, 1.165) is 0 Å². The minimum absolute atomic E-state index is 0.0680. The zero-order chi connectivity index (χ0) is 15.1. The van der Waals surface area contributed by atoms with Crippen LogP contribution in [-0.2, 0) is 9.59 Å². The van der Waals surface area contributed by atoms with Crippen molar-refractivity contribution >= 4 is 29.3 Å². The highest BCUT2D eigenvalue weighted by molar-refractivity contribution is 8.00. The van der Waals surface area contributed by atoms with Crippen molar-refractivity contribution in [2.45, 2.75) is 30.9 Å². The highest BCUT2D eigenvalue weighted by Gasteiger charge is 2.16. The molecule has 1 aliphatic carbocycles. The van der Waals surface area contributed by atoms with Crippen molar-refractivity contribution < 1.29 is 14.0 Å². The van der Waals surface area contributed by atoms with Gasteiger partial charge in [0, 0.05) is 10.9 Å². The second kappa shape index (κ2) is 8.02. The second-order valence-corrected chi connectivity index (χ2v) is 6.34. The lowest BCUT2D eigenvalue weighted by Gasteiger charge is -2.09. The molecule has 0 spiro atoms. The maximum atomic E-state index is 12.7. The Hall–Kier alpha value is -1.56. The van der Waals surface area contributed by atoms with E-state index in [-0.39, 0.29) is 24.2 Å². The smallest absolute Gasteiger partial charge is 0.243 e. The Labute approximate surface area is 127 Å². The standard InChI is InChI=1S/C15H19FN2O2S/c16-11-5-7-12(8-6-11)18-14(19)9-17-15(20)10-21-13-3-1-2-4-13/h5-8,13H,1-4,9-10H2,(H,17,20)(H,18,19). The van der Waals surface area contributed by atoms with E-state index in [1.165, 1.54) is 49.9 Å². The number of hydrogen-bond acceptors (Lipinski definition) is 3. The van der Waals surface area contributed by atoms with Gasteiger partial charge in [0.15, 0.2) is 0 Å². The number of benzene rings is 1. The van der Waals surface area contributed by atoms with Crippen LogP contribution in [0.15, 0.2) is 24.3 Å². The van der Waals surface area contributed by atoms with E-state index in [1.54, 1.807) is 11.8 Å². The zero-order valence-corrected chi connectivity index (χ0v) is 12.5. The van der Waals surface area contributed by atoms with Crippen molar-refractivity contribution in [3.05, 3.63) is 30.1 Å². The molecule has 114 valence electrons. The summed E-state index contributed by atoms with van der Waals surface area (Å²) < 4.78 is 12.7. The number of amides is 2. The molecule has 1 aromatic rings. The topological polar surface area (TPSA) is 58.2 Å². The van der Waals surface area contributed by atoms with Crippen molar-refractivity contribution in [2.75, 3.05) is 17.6 Å². The van der Waals surface area contributed by atoms with E-state index in [2.05, 4.69) is 10.6 Å². The quantitative estimate of drug-likeness (QED) is 0.849. The molecule has 0 saturated heterocycles. The molecule has 1 aliphatic rings. The van der Waals surface area contributed by atoms with Gasteiger partial charge in [0.25, 0.3) is 0 Å². The fourth-order valence-electron chi connectivity index (χ4n) is 2.22. The molecule has 0 radical (unpaired) electrons. The van der Waals surface area contributed by atoms with Gasteiger partial charge in [-0.05, 0) is 37.1 Å². The third-order valence-corrected chi connectivity index (χ3v) is 4.70. The van der Waals surface area contributed by atoms with E-state index in [1.807, 2.05) is 0 Å². The summed E-state index contributed by atoms with van der Waals surface area (Å²) in [5, 5.41) is 5.77. The second-order valence-electron chi connectivity index (χ2n) is 5.05. The molecular weight excluding hydrogens is 291 g/mol. The summed E-state index contributed by atoms with van der Waals surface area (Å²) >= 11 is 1.66. The molecule has 21 heavy (non-hydrogen) atoms. The lowest BCUT2D eigenvalue weighted by atomic mass is 10.3. The van der Waals surface area contributed by atoms with Crippen LogP contribution >= 0.6 is 11.8 Å². The molecule has 2 N–H and O–H groups in total. The molecule has 1 fully saturated rings. The number of rotatable bonds is 6. The third-order valence-electron chi connectivity index (χ3n) is 3.33. The molecule has 6 heteroatoms. The van der Waals surface area contributed by atoms with Crippen molar-refractivity contribution in [3.63, 3.8) is 0 Å². The van der Waals surface area contributed by atoms with Gasteiger partial charge in [0.2, 0.25) is 11.8 Å². The Bertz CT molecular complexity index is 487. The summed E-state index contributed by atoms with van der Waals surface area (Å²) in [7, 11) is 0. The van der Waals surface area contributed by atoms with Crippen molar-refractivity contribution in [1.29, 1.82) is 0 Å². The molecule has 1 saturated carbocycles. The summed E-state index contributed by atoms with van der Waals surface area (Å²) in [5.74, 6) is -0.402. The van der Waals surface area contributed by atoms with Gasteiger partial charge in [-0.2, -0.15) is 0 Å². The minimum Gasteiger partial charge on any atom is -0.346 e. The van der Waals surface area contributed by atoms with Gasteiger partial charge < -0.3 is 10.6 Å². The molecule has 0 aromatic heterocycles. The van der Waals surface area contributed by atoms with Crippen LogP contribution in [0.4, 0.5) is 10.1 Å².